The number of nitrogens with zero attached hydrogens (tertiary/aromatic N) is 1. The highest BCUT2D eigenvalue weighted by molar-refractivity contribution is 5.93. The maximum atomic E-state index is 11.1. The van der Waals surface area contributed by atoms with Crippen LogP contribution in [0.1, 0.15) is 21.5 Å². The van der Waals surface area contributed by atoms with Crippen molar-refractivity contribution in [3.05, 3.63) is 47.0 Å². The molecule has 0 amide bonds. The minimum atomic E-state index is -0.982. The van der Waals surface area contributed by atoms with E-state index in [2.05, 4.69) is 16.4 Å². The van der Waals surface area contributed by atoms with Crippen LogP contribution in [0, 0.1) is 13.8 Å². The highest BCUT2D eigenvalue weighted by atomic mass is 16.4. The Balaban J connectivity index is 2.57. The number of nitrogens with one attached hydrogen (secondary N) is 1. The highest BCUT2D eigenvalue weighted by Gasteiger charge is 2.12. The fraction of sp³-hybridized carbons (Fsp3) is 0.200. The van der Waals surface area contributed by atoms with Gasteiger partial charge >= 0.3 is 5.97 Å². The van der Waals surface area contributed by atoms with Crippen molar-refractivity contribution in [2.75, 3.05) is 12.4 Å². The van der Waals surface area contributed by atoms with E-state index in [1.54, 1.807) is 19.2 Å². The maximum Gasteiger partial charge on any atom is 0.339 e. The monoisotopic (exact) mass is 256 g/mol. The number of carbonyl (C=O) groups is 1. The summed E-state index contributed by atoms with van der Waals surface area (Å²) in [5.41, 5.74) is 4.24. The number of hydrogen-bond donors (Lipinski definition) is 2. The molecule has 0 aliphatic heterocycles. The van der Waals surface area contributed by atoms with Gasteiger partial charge < -0.3 is 10.4 Å². The Kier molecular flexibility index (Phi) is 3.51. The summed E-state index contributed by atoms with van der Waals surface area (Å²) in [5, 5.41) is 11.9. The molecule has 0 aliphatic rings. The SMILES string of the molecule is CNc1nc(-c2cc(C)ccc2C)ccc1C(=O)O. The number of pyridine rings is 1. The van der Waals surface area contributed by atoms with Crippen LogP contribution in [0.3, 0.4) is 0 Å². The molecule has 1 aromatic heterocycles. The molecule has 2 aromatic rings. The second-order valence-corrected chi connectivity index (χ2v) is 4.47. The summed E-state index contributed by atoms with van der Waals surface area (Å²) in [6, 6.07) is 9.46. The quantitative estimate of drug-likeness (QED) is 0.885. The smallest absolute Gasteiger partial charge is 0.339 e. The van der Waals surface area contributed by atoms with Crippen molar-refractivity contribution in [1.82, 2.24) is 4.98 Å². The molecule has 0 radical (unpaired) electrons. The van der Waals surface area contributed by atoms with Crippen molar-refractivity contribution in [2.24, 2.45) is 0 Å². The van der Waals surface area contributed by atoms with Gasteiger partial charge in [0, 0.05) is 12.6 Å². The van der Waals surface area contributed by atoms with Crippen LogP contribution in [0.4, 0.5) is 5.82 Å². The molecule has 0 unspecified atom stereocenters. The van der Waals surface area contributed by atoms with E-state index in [0.29, 0.717) is 5.82 Å². The van der Waals surface area contributed by atoms with Crippen molar-refractivity contribution in [3.8, 4) is 11.3 Å². The van der Waals surface area contributed by atoms with Gasteiger partial charge in [-0.3, -0.25) is 0 Å². The largest absolute Gasteiger partial charge is 0.478 e. The summed E-state index contributed by atoms with van der Waals surface area (Å²) < 4.78 is 0. The first-order valence-electron chi connectivity index (χ1n) is 6.02. The first kappa shape index (κ1) is 13.1. The summed E-state index contributed by atoms with van der Waals surface area (Å²) in [7, 11) is 1.67. The van der Waals surface area contributed by atoms with E-state index >= 15 is 0 Å². The van der Waals surface area contributed by atoms with Crippen molar-refractivity contribution in [1.29, 1.82) is 0 Å². The molecular formula is C15H16N2O2. The summed E-state index contributed by atoms with van der Waals surface area (Å²) in [5.74, 6) is -0.602. The molecule has 1 aromatic carbocycles. The van der Waals surface area contributed by atoms with Crippen LogP contribution in [0.25, 0.3) is 11.3 Å². The molecule has 4 nitrogen and oxygen atoms in total. The van der Waals surface area contributed by atoms with Gasteiger partial charge in [-0.1, -0.05) is 17.7 Å². The summed E-state index contributed by atoms with van der Waals surface area (Å²) in [4.78, 5) is 15.5. The topological polar surface area (TPSA) is 62.2 Å². The summed E-state index contributed by atoms with van der Waals surface area (Å²) in [6.07, 6.45) is 0. The van der Waals surface area contributed by atoms with E-state index in [-0.39, 0.29) is 5.56 Å². The predicted octanol–water partition coefficient (Wildman–Crippen LogP) is 3.11. The van der Waals surface area contributed by atoms with Crippen molar-refractivity contribution >= 4 is 11.8 Å². The lowest BCUT2D eigenvalue weighted by Gasteiger charge is -2.10. The lowest BCUT2D eigenvalue weighted by Crippen LogP contribution is -2.05. The molecule has 98 valence electrons. The van der Waals surface area contributed by atoms with Gasteiger partial charge in [-0.15, -0.1) is 0 Å². The molecule has 2 N–H and O–H groups in total. The van der Waals surface area contributed by atoms with Gasteiger partial charge in [-0.05, 0) is 37.6 Å². The van der Waals surface area contributed by atoms with Gasteiger partial charge in [0.05, 0.1) is 5.69 Å². The molecule has 0 saturated heterocycles. The third kappa shape index (κ3) is 2.57. The van der Waals surface area contributed by atoms with E-state index in [1.165, 1.54) is 0 Å². The van der Waals surface area contributed by atoms with Crippen molar-refractivity contribution < 1.29 is 9.90 Å². The number of anilines is 1. The number of benzene rings is 1. The number of carboxylic acids is 1. The zero-order valence-corrected chi connectivity index (χ0v) is 11.2. The van der Waals surface area contributed by atoms with E-state index in [0.717, 1.165) is 22.4 Å². The molecule has 1 heterocycles. The number of aromatic carboxylic acids is 1. The van der Waals surface area contributed by atoms with Gasteiger partial charge in [-0.2, -0.15) is 0 Å². The minimum absolute atomic E-state index is 0.177. The Labute approximate surface area is 112 Å². The maximum absolute atomic E-state index is 11.1. The minimum Gasteiger partial charge on any atom is -0.478 e. The van der Waals surface area contributed by atoms with Gasteiger partial charge in [-0.25, -0.2) is 9.78 Å². The van der Waals surface area contributed by atoms with Crippen LogP contribution in [-0.2, 0) is 0 Å². The van der Waals surface area contributed by atoms with Gasteiger partial charge in [0.25, 0.3) is 0 Å². The number of carboxylic acid groups (broad SMARTS) is 1. The molecule has 0 saturated carbocycles. The number of aryl methyl sites for hydroxylation is 2. The van der Waals surface area contributed by atoms with Crippen LogP contribution in [0.15, 0.2) is 30.3 Å². The lowest BCUT2D eigenvalue weighted by molar-refractivity contribution is 0.0697. The van der Waals surface area contributed by atoms with Crippen LogP contribution >= 0.6 is 0 Å². The standard InChI is InChI=1S/C15H16N2O2/c1-9-4-5-10(2)12(8-9)13-7-6-11(15(18)19)14(16-3)17-13/h4-8H,1-3H3,(H,16,17)(H,18,19). The third-order valence-electron chi connectivity index (χ3n) is 3.03. The summed E-state index contributed by atoms with van der Waals surface area (Å²) >= 11 is 0. The lowest BCUT2D eigenvalue weighted by atomic mass is 10.0. The average molecular weight is 256 g/mol. The predicted molar refractivity (Wildman–Crippen MR) is 75.7 cm³/mol. The molecule has 19 heavy (non-hydrogen) atoms. The zero-order valence-electron chi connectivity index (χ0n) is 11.2. The Morgan fingerprint density at radius 1 is 1.21 bits per heavy atom. The molecule has 0 aliphatic carbocycles. The molecule has 0 atom stereocenters. The van der Waals surface area contributed by atoms with Crippen molar-refractivity contribution in [2.45, 2.75) is 13.8 Å². The summed E-state index contributed by atoms with van der Waals surface area (Å²) in [6.45, 7) is 4.04. The molecule has 0 fully saturated rings. The first-order chi connectivity index (χ1) is 9.02. The van der Waals surface area contributed by atoms with E-state index in [9.17, 15) is 4.79 Å². The normalized spacial score (nSPS) is 10.3. The third-order valence-corrected chi connectivity index (χ3v) is 3.03. The fourth-order valence-corrected chi connectivity index (χ4v) is 1.98. The Hall–Kier alpha value is -2.36. The van der Waals surface area contributed by atoms with Crippen LogP contribution in [-0.4, -0.2) is 23.1 Å². The highest BCUT2D eigenvalue weighted by Crippen LogP contribution is 2.25. The number of aromatic nitrogens is 1. The molecule has 2 rings (SSSR count). The Bertz CT molecular complexity index is 636. The van der Waals surface area contributed by atoms with E-state index in [1.807, 2.05) is 26.0 Å². The molecule has 0 spiro atoms. The fourth-order valence-electron chi connectivity index (χ4n) is 1.98. The van der Waals surface area contributed by atoms with Gasteiger partial charge in [0.15, 0.2) is 0 Å². The average Bonchev–Trinajstić information content (AvgIpc) is 2.40. The number of hydrogen-bond acceptors (Lipinski definition) is 3. The molecule has 0 bridgehead atoms. The van der Waals surface area contributed by atoms with Crippen LogP contribution in [0.2, 0.25) is 0 Å². The van der Waals surface area contributed by atoms with Crippen LogP contribution in [0.5, 0.6) is 0 Å². The Morgan fingerprint density at radius 3 is 2.58 bits per heavy atom. The first-order valence-corrected chi connectivity index (χ1v) is 6.02. The second-order valence-electron chi connectivity index (χ2n) is 4.47. The van der Waals surface area contributed by atoms with Gasteiger partial charge in [0.1, 0.15) is 11.4 Å². The second kappa shape index (κ2) is 5.10. The molecule has 4 heteroatoms. The van der Waals surface area contributed by atoms with Crippen molar-refractivity contribution in [3.63, 3.8) is 0 Å². The van der Waals surface area contributed by atoms with Crippen LogP contribution < -0.4 is 5.32 Å². The van der Waals surface area contributed by atoms with E-state index in [4.69, 9.17) is 5.11 Å². The number of rotatable bonds is 3. The molecular weight excluding hydrogens is 240 g/mol. The van der Waals surface area contributed by atoms with Gasteiger partial charge in [0.2, 0.25) is 0 Å². The zero-order chi connectivity index (χ0) is 14.0. The van der Waals surface area contributed by atoms with E-state index < -0.39 is 5.97 Å². The Morgan fingerprint density at radius 2 is 1.95 bits per heavy atom.